The smallest absolute Gasteiger partial charge is 0.251 e. The summed E-state index contributed by atoms with van der Waals surface area (Å²) in [5.74, 6) is 2.40. The summed E-state index contributed by atoms with van der Waals surface area (Å²) in [7, 11) is -1.57. The maximum atomic E-state index is 13.0. The van der Waals surface area contributed by atoms with Crippen LogP contribution in [-0.4, -0.2) is 63.3 Å². The highest BCUT2D eigenvalue weighted by molar-refractivity contribution is 7.89. The summed E-state index contributed by atoms with van der Waals surface area (Å²) in [6.07, 6.45) is 7.91. The van der Waals surface area contributed by atoms with Crippen molar-refractivity contribution in [1.29, 1.82) is 0 Å². The van der Waals surface area contributed by atoms with Gasteiger partial charge in [0, 0.05) is 38.3 Å². The summed E-state index contributed by atoms with van der Waals surface area (Å²) in [5.41, 5.74) is 0.712. The van der Waals surface area contributed by atoms with E-state index < -0.39 is 10.0 Å². The molecule has 0 spiro atoms. The van der Waals surface area contributed by atoms with Crippen molar-refractivity contribution in [1.82, 2.24) is 14.5 Å². The van der Waals surface area contributed by atoms with Gasteiger partial charge in [0.25, 0.3) is 5.91 Å². The summed E-state index contributed by atoms with van der Waals surface area (Å²) >= 11 is 0. The molecular formula is C23H33N3O3S. The second-order valence-corrected chi connectivity index (χ2v) is 12.3. The molecule has 0 atom stereocenters. The van der Waals surface area contributed by atoms with E-state index in [-0.39, 0.29) is 16.2 Å². The predicted octanol–water partition coefficient (Wildman–Crippen LogP) is 2.57. The minimum atomic E-state index is -3.57. The normalized spacial score (nSPS) is 34.2. The predicted molar refractivity (Wildman–Crippen MR) is 116 cm³/mol. The van der Waals surface area contributed by atoms with E-state index in [0.29, 0.717) is 18.7 Å². The fourth-order valence-corrected chi connectivity index (χ4v) is 8.32. The van der Waals surface area contributed by atoms with Gasteiger partial charge in [-0.1, -0.05) is 6.07 Å². The number of carbonyl (C=O) groups is 1. The summed E-state index contributed by atoms with van der Waals surface area (Å²) in [6.45, 7) is 3.16. The zero-order valence-corrected chi connectivity index (χ0v) is 18.7. The van der Waals surface area contributed by atoms with Crippen LogP contribution < -0.4 is 5.32 Å². The Morgan fingerprint density at radius 1 is 1.03 bits per heavy atom. The number of carbonyl (C=O) groups excluding carboxylic acids is 1. The molecule has 1 amide bonds. The van der Waals surface area contributed by atoms with Gasteiger partial charge in [-0.2, -0.15) is 4.31 Å². The van der Waals surface area contributed by atoms with Crippen LogP contribution in [0, 0.1) is 23.2 Å². The molecule has 30 heavy (non-hydrogen) atoms. The maximum Gasteiger partial charge on any atom is 0.251 e. The fraction of sp³-hybridized carbons (Fsp3) is 0.696. The largest absolute Gasteiger partial charge is 0.351 e. The van der Waals surface area contributed by atoms with Crippen LogP contribution in [0.2, 0.25) is 0 Å². The van der Waals surface area contributed by atoms with Crippen LogP contribution in [0.25, 0.3) is 0 Å². The number of likely N-dealkylation sites (N-methyl/N-ethyl adjacent to an activating group) is 1. The van der Waals surface area contributed by atoms with Crippen molar-refractivity contribution >= 4 is 15.9 Å². The summed E-state index contributed by atoms with van der Waals surface area (Å²) in [6, 6.07) is 6.55. The van der Waals surface area contributed by atoms with Crippen LogP contribution in [0.15, 0.2) is 29.2 Å². The Bertz CT molecular complexity index is 886. The molecule has 4 bridgehead atoms. The van der Waals surface area contributed by atoms with E-state index in [9.17, 15) is 13.2 Å². The summed E-state index contributed by atoms with van der Waals surface area (Å²) in [4.78, 5) is 15.3. The number of benzene rings is 1. The van der Waals surface area contributed by atoms with Crippen molar-refractivity contribution < 1.29 is 13.2 Å². The molecule has 0 unspecified atom stereocenters. The van der Waals surface area contributed by atoms with E-state index in [2.05, 4.69) is 10.2 Å². The molecule has 5 aliphatic rings. The topological polar surface area (TPSA) is 69.7 Å². The molecule has 1 heterocycles. The highest BCUT2D eigenvalue weighted by Crippen LogP contribution is 2.59. The Hall–Kier alpha value is -1.44. The van der Waals surface area contributed by atoms with Crippen LogP contribution in [0.5, 0.6) is 0 Å². The van der Waals surface area contributed by atoms with E-state index in [1.807, 2.05) is 7.05 Å². The number of amides is 1. The lowest BCUT2D eigenvalue weighted by molar-refractivity contribution is -0.0503. The average molecular weight is 432 g/mol. The van der Waals surface area contributed by atoms with E-state index >= 15 is 0 Å². The Kier molecular flexibility index (Phi) is 5.19. The van der Waals surface area contributed by atoms with Crippen molar-refractivity contribution in [2.45, 2.75) is 43.4 Å². The van der Waals surface area contributed by atoms with Gasteiger partial charge in [-0.25, -0.2) is 8.42 Å². The first-order valence-electron chi connectivity index (χ1n) is 11.4. The summed E-state index contributed by atoms with van der Waals surface area (Å²) < 4.78 is 27.6. The molecule has 1 saturated heterocycles. The quantitative estimate of drug-likeness (QED) is 0.778. The monoisotopic (exact) mass is 431 g/mol. The highest BCUT2D eigenvalue weighted by atomic mass is 32.2. The van der Waals surface area contributed by atoms with Crippen LogP contribution in [0.4, 0.5) is 0 Å². The molecule has 5 fully saturated rings. The van der Waals surface area contributed by atoms with E-state index in [0.717, 1.165) is 37.4 Å². The molecule has 164 valence electrons. The Labute approximate surface area is 180 Å². The number of rotatable bonds is 5. The van der Waals surface area contributed by atoms with Gasteiger partial charge in [-0.3, -0.25) is 4.79 Å². The van der Waals surface area contributed by atoms with Gasteiger partial charge in [0.15, 0.2) is 0 Å². The van der Waals surface area contributed by atoms with Crippen molar-refractivity contribution in [2.75, 3.05) is 39.8 Å². The van der Waals surface area contributed by atoms with E-state index in [1.54, 1.807) is 24.3 Å². The first kappa shape index (κ1) is 20.5. The molecule has 1 aromatic carbocycles. The van der Waals surface area contributed by atoms with Gasteiger partial charge in [0.2, 0.25) is 10.0 Å². The molecule has 4 aliphatic carbocycles. The van der Waals surface area contributed by atoms with Gasteiger partial charge in [-0.05, 0) is 86.9 Å². The number of piperazine rings is 1. The third kappa shape index (κ3) is 3.80. The van der Waals surface area contributed by atoms with Crippen LogP contribution in [0.1, 0.15) is 48.9 Å². The molecule has 1 N–H and O–H groups in total. The first-order valence-corrected chi connectivity index (χ1v) is 12.8. The van der Waals surface area contributed by atoms with Crippen molar-refractivity contribution in [3.8, 4) is 0 Å². The number of hydrogen-bond donors (Lipinski definition) is 1. The van der Waals surface area contributed by atoms with Crippen molar-refractivity contribution in [2.24, 2.45) is 23.2 Å². The summed E-state index contributed by atoms with van der Waals surface area (Å²) in [5, 5.41) is 3.17. The second kappa shape index (κ2) is 7.61. The van der Waals surface area contributed by atoms with E-state index in [1.165, 1.54) is 42.8 Å². The lowest BCUT2D eigenvalue weighted by Crippen LogP contribution is -2.51. The molecule has 4 saturated carbocycles. The lowest BCUT2D eigenvalue weighted by atomic mass is 9.49. The second-order valence-electron chi connectivity index (χ2n) is 10.3. The number of nitrogens with one attached hydrogen (secondary N) is 1. The molecule has 6 nitrogen and oxygen atoms in total. The first-order chi connectivity index (χ1) is 14.3. The number of hydrogen-bond acceptors (Lipinski definition) is 4. The third-order valence-corrected chi connectivity index (χ3v) is 9.88. The average Bonchev–Trinajstić information content (AvgIpc) is 2.71. The molecular weight excluding hydrogens is 398 g/mol. The zero-order valence-electron chi connectivity index (χ0n) is 17.8. The third-order valence-electron chi connectivity index (χ3n) is 7.99. The SMILES string of the molecule is CN1CCN(S(=O)(=O)c2cccc(C(=O)NCC34CC5CC(CC(C5)C3)C4)c2)CC1. The Morgan fingerprint density at radius 3 is 2.23 bits per heavy atom. The van der Waals surface area contributed by atoms with Crippen LogP contribution in [0.3, 0.4) is 0 Å². The number of sulfonamides is 1. The van der Waals surface area contributed by atoms with Gasteiger partial charge >= 0.3 is 0 Å². The standard InChI is InChI=1S/C23H33N3O3S/c1-25-5-7-26(8-6-25)30(28,29)21-4-2-3-20(12-21)22(27)24-16-23-13-17-9-18(14-23)11-19(10-17)15-23/h2-4,12,17-19H,5-11,13-16H2,1H3,(H,24,27). The van der Waals surface area contributed by atoms with Gasteiger partial charge < -0.3 is 10.2 Å². The molecule has 1 aromatic rings. The van der Waals surface area contributed by atoms with Gasteiger partial charge in [0.05, 0.1) is 4.90 Å². The maximum absolute atomic E-state index is 13.0. The minimum Gasteiger partial charge on any atom is -0.351 e. The lowest BCUT2D eigenvalue weighted by Gasteiger charge is -2.56. The highest BCUT2D eigenvalue weighted by Gasteiger charge is 2.50. The Balaban J connectivity index is 1.27. The van der Waals surface area contributed by atoms with E-state index in [4.69, 9.17) is 0 Å². The minimum absolute atomic E-state index is 0.152. The molecule has 0 aromatic heterocycles. The van der Waals surface area contributed by atoms with Crippen molar-refractivity contribution in [3.05, 3.63) is 29.8 Å². The Morgan fingerprint density at radius 2 is 1.63 bits per heavy atom. The van der Waals surface area contributed by atoms with Crippen LogP contribution >= 0.6 is 0 Å². The van der Waals surface area contributed by atoms with Gasteiger partial charge in [-0.15, -0.1) is 0 Å². The van der Waals surface area contributed by atoms with Crippen molar-refractivity contribution in [3.63, 3.8) is 0 Å². The van der Waals surface area contributed by atoms with Gasteiger partial charge in [0.1, 0.15) is 0 Å². The molecule has 7 heteroatoms. The molecule has 6 rings (SSSR count). The fourth-order valence-electron chi connectivity index (χ4n) is 6.85. The zero-order chi connectivity index (χ0) is 20.9. The molecule has 1 aliphatic heterocycles. The number of nitrogens with zero attached hydrogens (tertiary/aromatic N) is 2. The van der Waals surface area contributed by atoms with Crippen LogP contribution in [-0.2, 0) is 10.0 Å². The molecule has 0 radical (unpaired) electrons.